The summed E-state index contributed by atoms with van der Waals surface area (Å²) in [7, 11) is -5.76. The van der Waals surface area contributed by atoms with Crippen molar-refractivity contribution in [2.45, 2.75) is 5.51 Å². The van der Waals surface area contributed by atoms with Crippen LogP contribution in [0.3, 0.4) is 0 Å². The Kier molecular flexibility index (Phi) is 2.99. The van der Waals surface area contributed by atoms with Crippen molar-refractivity contribution < 1.29 is 30.4 Å². The maximum absolute atomic E-state index is 11.3. The molecule has 0 saturated heterocycles. The highest BCUT2D eigenvalue weighted by Crippen LogP contribution is 2.21. The Bertz CT molecular complexity index is 253. The third-order valence-electron chi connectivity index (χ3n) is 0.482. The molecule has 0 aliphatic carbocycles. The van der Waals surface area contributed by atoms with Gasteiger partial charge in [0.05, 0.1) is 0 Å². The third-order valence-corrected chi connectivity index (χ3v) is 2.51. The summed E-state index contributed by atoms with van der Waals surface area (Å²) in [6, 6.07) is 0. The van der Waals surface area contributed by atoms with Crippen LogP contribution >= 0.6 is 0 Å². The van der Waals surface area contributed by atoms with Crippen LogP contribution in [0.25, 0.3) is 0 Å². The van der Waals surface area contributed by atoms with E-state index in [1.54, 1.807) is 0 Å². The Labute approximate surface area is 62.1 Å². The highest BCUT2D eigenvalue weighted by molar-refractivity contribution is 8.00. The molecule has 0 aromatic carbocycles. The summed E-state index contributed by atoms with van der Waals surface area (Å²) in [4.78, 5) is 0. The van der Waals surface area contributed by atoms with E-state index in [2.05, 4.69) is 0 Å². The predicted octanol–water partition coefficient (Wildman–Crippen LogP) is -0.780. The largest absolute Gasteiger partial charge is 0.759 e. The van der Waals surface area contributed by atoms with Gasteiger partial charge in [-0.3, -0.25) is 4.21 Å². The number of hydrogen-bond acceptors (Lipinski definition) is 4. The average Bonchev–Trinajstić information content (AvgIpc) is 1.56. The maximum Gasteiger partial charge on any atom is 0.512 e. The molecule has 0 fully saturated rings. The lowest BCUT2D eigenvalue weighted by molar-refractivity contribution is -0.0441. The van der Waals surface area contributed by atoms with E-state index in [0.717, 1.165) is 0 Å². The number of alkyl halides is 3. The van der Waals surface area contributed by atoms with Gasteiger partial charge >= 0.3 is 15.5 Å². The van der Waals surface area contributed by atoms with E-state index in [1.165, 1.54) is 0 Å². The molecule has 68 valence electrons. The molecule has 5 nitrogen and oxygen atoms in total. The molecule has 0 radical (unpaired) electrons. The second kappa shape index (κ2) is 3.05. The fourth-order valence-corrected chi connectivity index (χ4v) is 1.23. The first-order valence-electron chi connectivity index (χ1n) is 1.85. The summed E-state index contributed by atoms with van der Waals surface area (Å²) < 4.78 is 72.7. The molecule has 0 spiro atoms. The Morgan fingerprint density at radius 1 is 1.36 bits per heavy atom. The minimum Gasteiger partial charge on any atom is -0.759 e. The van der Waals surface area contributed by atoms with E-state index in [-0.39, 0.29) is 0 Å². The first-order valence-corrected chi connectivity index (χ1v) is 4.40. The van der Waals surface area contributed by atoms with Gasteiger partial charge in [0.2, 0.25) is 0 Å². The van der Waals surface area contributed by atoms with Gasteiger partial charge < -0.3 is 4.55 Å². The summed E-state index contributed by atoms with van der Waals surface area (Å²) in [6.07, 6.45) is 0. The average molecular weight is 212 g/mol. The van der Waals surface area contributed by atoms with Crippen molar-refractivity contribution in [3.05, 3.63) is 0 Å². The molecule has 0 heterocycles. The number of sulfonamides is 1. The van der Waals surface area contributed by atoms with E-state index in [1.807, 2.05) is 0 Å². The van der Waals surface area contributed by atoms with Crippen LogP contribution in [0.2, 0.25) is 0 Å². The SMILES string of the molecule is O=S([O-])NS(=O)(=O)C(F)(F)F. The standard InChI is InChI=1S/CH2F3NO4S2/c2-1(3,4)11(8,9)5-10(6)7/h5H,(H,6,7)/p-1. The van der Waals surface area contributed by atoms with Crippen molar-refractivity contribution in [1.29, 1.82) is 0 Å². The first kappa shape index (κ1) is 10.8. The predicted molar refractivity (Wildman–Crippen MR) is 27.0 cm³/mol. The number of rotatable bonds is 2. The van der Waals surface area contributed by atoms with Gasteiger partial charge in [-0.2, -0.15) is 13.2 Å². The maximum atomic E-state index is 11.3. The molecule has 0 aliphatic rings. The number of halogens is 3. The molecule has 10 heteroatoms. The monoisotopic (exact) mass is 212 g/mol. The zero-order valence-electron chi connectivity index (χ0n) is 4.58. The second-order valence-corrected chi connectivity index (χ2v) is 3.87. The molecule has 0 aromatic heterocycles. The van der Waals surface area contributed by atoms with Crippen molar-refractivity contribution in [2.24, 2.45) is 0 Å². The fourth-order valence-electron chi connectivity index (χ4n) is 0.137. The third kappa shape index (κ3) is 3.14. The van der Waals surface area contributed by atoms with E-state index >= 15 is 0 Å². The molecule has 0 amide bonds. The van der Waals surface area contributed by atoms with Crippen molar-refractivity contribution in [3.63, 3.8) is 0 Å². The normalized spacial score (nSPS) is 16.4. The van der Waals surface area contributed by atoms with Gasteiger partial charge in [-0.1, -0.05) is 0 Å². The van der Waals surface area contributed by atoms with Crippen molar-refractivity contribution >= 4 is 21.3 Å². The lowest BCUT2D eigenvalue weighted by Gasteiger charge is -2.09. The van der Waals surface area contributed by atoms with Crippen molar-refractivity contribution in [3.8, 4) is 0 Å². The number of nitrogens with one attached hydrogen (secondary N) is 1. The molecule has 11 heavy (non-hydrogen) atoms. The summed E-state index contributed by atoms with van der Waals surface area (Å²) in [5.41, 5.74) is -5.60. The van der Waals surface area contributed by atoms with Crippen molar-refractivity contribution in [2.75, 3.05) is 0 Å². The molecular formula is CHF3NO4S2-. The van der Waals surface area contributed by atoms with Gasteiger partial charge in [0.15, 0.2) is 0 Å². The van der Waals surface area contributed by atoms with Crippen LogP contribution < -0.4 is 4.13 Å². The molecule has 0 bridgehead atoms. The van der Waals surface area contributed by atoms with Crippen molar-refractivity contribution in [1.82, 2.24) is 4.13 Å². The zero-order valence-corrected chi connectivity index (χ0v) is 6.22. The Hall–Kier alpha value is -0.190. The minimum absolute atomic E-state index is 0.323. The highest BCUT2D eigenvalue weighted by atomic mass is 32.3. The van der Waals surface area contributed by atoms with E-state index in [4.69, 9.17) is 0 Å². The Morgan fingerprint density at radius 2 is 1.73 bits per heavy atom. The van der Waals surface area contributed by atoms with Gasteiger partial charge in [-0.15, -0.1) is 4.13 Å². The minimum atomic E-state index is -5.76. The van der Waals surface area contributed by atoms with Crippen LogP contribution in [-0.4, -0.2) is 22.7 Å². The Morgan fingerprint density at radius 3 is 1.82 bits per heavy atom. The summed E-state index contributed by atoms with van der Waals surface area (Å²) in [5.74, 6) is 0. The van der Waals surface area contributed by atoms with Crippen LogP contribution in [0.5, 0.6) is 0 Å². The summed E-state index contributed by atoms with van der Waals surface area (Å²) in [5, 5.41) is 0. The molecule has 1 unspecified atom stereocenters. The van der Waals surface area contributed by atoms with Crippen LogP contribution in [0.4, 0.5) is 13.2 Å². The van der Waals surface area contributed by atoms with Gasteiger partial charge in [-0.05, 0) is 0 Å². The van der Waals surface area contributed by atoms with E-state index in [0.29, 0.717) is 4.13 Å². The number of hydrogen-bond donors (Lipinski definition) is 1. The topological polar surface area (TPSA) is 86.3 Å². The molecule has 0 aromatic rings. The fraction of sp³-hybridized carbons (Fsp3) is 1.00. The van der Waals surface area contributed by atoms with Gasteiger partial charge in [0.1, 0.15) is 0 Å². The Balaban J connectivity index is 4.64. The molecular weight excluding hydrogens is 211 g/mol. The summed E-state index contributed by atoms with van der Waals surface area (Å²) in [6.45, 7) is 0. The lowest BCUT2D eigenvalue weighted by atomic mass is 11.6. The van der Waals surface area contributed by atoms with Crippen LogP contribution in [0, 0.1) is 0 Å². The lowest BCUT2D eigenvalue weighted by Crippen LogP contribution is -2.37. The summed E-state index contributed by atoms with van der Waals surface area (Å²) >= 11 is -3.49. The molecule has 0 rings (SSSR count). The molecule has 0 aliphatic heterocycles. The molecule has 1 atom stereocenters. The molecule has 0 saturated carbocycles. The smallest absolute Gasteiger partial charge is 0.512 e. The van der Waals surface area contributed by atoms with Crippen LogP contribution in [0.15, 0.2) is 0 Å². The van der Waals surface area contributed by atoms with Gasteiger partial charge in [0, 0.05) is 11.3 Å². The van der Waals surface area contributed by atoms with Crippen LogP contribution in [0.1, 0.15) is 0 Å². The first-order chi connectivity index (χ1) is 4.67. The highest BCUT2D eigenvalue weighted by Gasteiger charge is 2.45. The van der Waals surface area contributed by atoms with E-state index < -0.39 is 26.8 Å². The van der Waals surface area contributed by atoms with Crippen LogP contribution in [-0.2, 0) is 21.3 Å². The quantitative estimate of drug-likeness (QED) is 0.608. The van der Waals surface area contributed by atoms with E-state index in [9.17, 15) is 30.4 Å². The molecule has 1 N–H and O–H groups in total. The van der Waals surface area contributed by atoms with Gasteiger partial charge in [-0.25, -0.2) is 8.42 Å². The second-order valence-electron chi connectivity index (χ2n) is 1.27. The van der Waals surface area contributed by atoms with Gasteiger partial charge in [0.25, 0.3) is 0 Å². The zero-order chi connectivity index (χ0) is 9.28.